The van der Waals surface area contributed by atoms with E-state index in [0.717, 1.165) is 18.9 Å². The van der Waals surface area contributed by atoms with Gasteiger partial charge in [-0.2, -0.15) is 0 Å². The van der Waals surface area contributed by atoms with E-state index in [4.69, 9.17) is 4.74 Å². The lowest BCUT2D eigenvalue weighted by atomic mass is 10.1. The molecular formula is C21H32N2O3. The molecule has 0 saturated heterocycles. The second-order valence-corrected chi connectivity index (χ2v) is 8.31. The summed E-state index contributed by atoms with van der Waals surface area (Å²) in [6, 6.07) is -0.390. The third-order valence-electron chi connectivity index (χ3n) is 5.25. The SMILES string of the molecule is CN(C)C(=O)C(CC1CC1)NC(=O)C/C=C\C(=C\OCC1CC1)C1CC1. The van der Waals surface area contributed by atoms with Crippen LogP contribution in [0.15, 0.2) is 24.0 Å². The fraction of sp³-hybridized carbons (Fsp3) is 0.714. The van der Waals surface area contributed by atoms with Gasteiger partial charge in [-0.05, 0) is 55.4 Å². The van der Waals surface area contributed by atoms with E-state index in [1.807, 2.05) is 18.4 Å². The second-order valence-electron chi connectivity index (χ2n) is 8.31. The molecule has 26 heavy (non-hydrogen) atoms. The first-order valence-corrected chi connectivity index (χ1v) is 10.0. The molecule has 3 fully saturated rings. The number of nitrogens with one attached hydrogen (secondary N) is 1. The molecule has 0 aromatic rings. The average molecular weight is 360 g/mol. The van der Waals surface area contributed by atoms with Gasteiger partial charge < -0.3 is 15.0 Å². The lowest BCUT2D eigenvalue weighted by molar-refractivity contribution is -0.134. The highest BCUT2D eigenvalue weighted by Crippen LogP contribution is 2.37. The molecule has 1 unspecified atom stereocenters. The van der Waals surface area contributed by atoms with Crippen molar-refractivity contribution in [1.29, 1.82) is 0 Å². The highest BCUT2D eigenvalue weighted by atomic mass is 16.5. The van der Waals surface area contributed by atoms with Crippen LogP contribution in [-0.4, -0.2) is 43.5 Å². The van der Waals surface area contributed by atoms with Gasteiger partial charge in [0.1, 0.15) is 6.04 Å². The Morgan fingerprint density at radius 1 is 1.12 bits per heavy atom. The summed E-state index contributed by atoms with van der Waals surface area (Å²) in [6.07, 6.45) is 14.2. The smallest absolute Gasteiger partial charge is 0.244 e. The van der Waals surface area contributed by atoms with Gasteiger partial charge in [0.15, 0.2) is 0 Å². The summed E-state index contributed by atoms with van der Waals surface area (Å²) < 4.78 is 5.69. The Balaban J connectivity index is 1.45. The zero-order valence-corrected chi connectivity index (χ0v) is 16.1. The first-order valence-electron chi connectivity index (χ1n) is 10.0. The average Bonchev–Trinajstić information content (AvgIpc) is 3.46. The van der Waals surface area contributed by atoms with Crippen LogP contribution in [0.5, 0.6) is 0 Å². The zero-order chi connectivity index (χ0) is 18.5. The Kier molecular flexibility index (Phi) is 6.38. The van der Waals surface area contributed by atoms with Crippen LogP contribution in [0.25, 0.3) is 0 Å². The van der Waals surface area contributed by atoms with E-state index in [9.17, 15) is 9.59 Å². The van der Waals surface area contributed by atoms with Gasteiger partial charge in [0.2, 0.25) is 11.8 Å². The Labute approximate surface area is 156 Å². The highest BCUT2D eigenvalue weighted by molar-refractivity contribution is 5.87. The predicted molar refractivity (Wildman–Crippen MR) is 101 cm³/mol. The molecule has 1 atom stereocenters. The summed E-state index contributed by atoms with van der Waals surface area (Å²) in [5.41, 5.74) is 1.19. The molecule has 0 heterocycles. The fourth-order valence-electron chi connectivity index (χ4n) is 3.03. The Hall–Kier alpha value is -1.78. The normalized spacial score (nSPS) is 21.5. The number of carbonyl (C=O) groups is 2. The molecule has 3 aliphatic carbocycles. The predicted octanol–water partition coefficient (Wildman–Crippen LogP) is 3.03. The van der Waals surface area contributed by atoms with Gasteiger partial charge in [0.05, 0.1) is 12.9 Å². The van der Waals surface area contributed by atoms with E-state index in [-0.39, 0.29) is 11.8 Å². The minimum Gasteiger partial charge on any atom is -0.501 e. The first-order chi connectivity index (χ1) is 12.5. The standard InChI is InChI=1S/C21H32N2O3/c1-23(2)21(25)19(12-15-6-7-15)22-20(24)5-3-4-18(17-10-11-17)14-26-13-16-8-9-16/h3-4,14-17,19H,5-13H2,1-2H3,(H,22,24)/b4-3-,18-14-. The van der Waals surface area contributed by atoms with Crippen molar-refractivity contribution in [3.63, 3.8) is 0 Å². The largest absolute Gasteiger partial charge is 0.501 e. The topological polar surface area (TPSA) is 58.6 Å². The van der Waals surface area contributed by atoms with Crippen molar-refractivity contribution in [3.8, 4) is 0 Å². The van der Waals surface area contributed by atoms with Crippen LogP contribution < -0.4 is 5.32 Å². The summed E-state index contributed by atoms with van der Waals surface area (Å²) >= 11 is 0. The molecule has 3 saturated carbocycles. The molecule has 0 aliphatic heterocycles. The van der Waals surface area contributed by atoms with Crippen molar-refractivity contribution in [2.24, 2.45) is 17.8 Å². The van der Waals surface area contributed by atoms with Crippen molar-refractivity contribution in [2.75, 3.05) is 20.7 Å². The molecular weight excluding hydrogens is 328 g/mol. The number of allylic oxidation sites excluding steroid dienone is 2. The van der Waals surface area contributed by atoms with E-state index in [1.165, 1.54) is 44.1 Å². The van der Waals surface area contributed by atoms with Gasteiger partial charge in [-0.1, -0.05) is 25.0 Å². The van der Waals surface area contributed by atoms with Gasteiger partial charge >= 0.3 is 0 Å². The number of ether oxygens (including phenoxy) is 1. The van der Waals surface area contributed by atoms with Crippen LogP contribution in [0.4, 0.5) is 0 Å². The van der Waals surface area contributed by atoms with E-state index < -0.39 is 6.04 Å². The fourth-order valence-corrected chi connectivity index (χ4v) is 3.03. The van der Waals surface area contributed by atoms with Crippen LogP contribution in [0.1, 0.15) is 51.4 Å². The first kappa shape index (κ1) is 19.0. The maximum absolute atomic E-state index is 12.3. The summed E-state index contributed by atoms with van der Waals surface area (Å²) in [6.45, 7) is 0.819. The molecule has 144 valence electrons. The number of nitrogens with zero attached hydrogens (tertiary/aromatic N) is 1. The molecule has 3 rings (SSSR count). The Morgan fingerprint density at radius 3 is 2.38 bits per heavy atom. The molecule has 2 amide bonds. The molecule has 0 aromatic carbocycles. The Bertz CT molecular complexity index is 570. The van der Waals surface area contributed by atoms with Crippen LogP contribution in [0.2, 0.25) is 0 Å². The van der Waals surface area contributed by atoms with E-state index in [1.54, 1.807) is 19.0 Å². The number of amides is 2. The quantitative estimate of drug-likeness (QED) is 0.455. The second kappa shape index (κ2) is 8.74. The van der Waals surface area contributed by atoms with Crippen molar-refractivity contribution in [1.82, 2.24) is 10.2 Å². The van der Waals surface area contributed by atoms with Gasteiger partial charge in [-0.25, -0.2) is 0 Å². The van der Waals surface area contributed by atoms with E-state index in [2.05, 4.69) is 5.32 Å². The number of hydrogen-bond donors (Lipinski definition) is 1. The lowest BCUT2D eigenvalue weighted by Gasteiger charge is -2.21. The van der Waals surface area contributed by atoms with Crippen LogP contribution in [0.3, 0.4) is 0 Å². The summed E-state index contributed by atoms with van der Waals surface area (Å²) in [5.74, 6) is 1.83. The number of rotatable bonds is 11. The molecule has 5 heteroatoms. The van der Waals surface area contributed by atoms with Crippen molar-refractivity contribution in [2.45, 2.75) is 57.4 Å². The highest BCUT2D eigenvalue weighted by Gasteiger charge is 2.31. The number of likely N-dealkylation sites (N-methyl/N-ethyl adjacent to an activating group) is 1. The molecule has 1 N–H and O–H groups in total. The van der Waals surface area contributed by atoms with Crippen molar-refractivity contribution in [3.05, 3.63) is 24.0 Å². The van der Waals surface area contributed by atoms with Crippen LogP contribution >= 0.6 is 0 Å². The molecule has 0 spiro atoms. The summed E-state index contributed by atoms with van der Waals surface area (Å²) in [7, 11) is 3.48. The van der Waals surface area contributed by atoms with Crippen molar-refractivity contribution >= 4 is 11.8 Å². The lowest BCUT2D eigenvalue weighted by Crippen LogP contribution is -2.46. The minimum atomic E-state index is -0.390. The van der Waals surface area contributed by atoms with E-state index >= 15 is 0 Å². The zero-order valence-electron chi connectivity index (χ0n) is 16.1. The number of hydrogen-bond acceptors (Lipinski definition) is 3. The molecule has 5 nitrogen and oxygen atoms in total. The Morgan fingerprint density at radius 2 is 1.81 bits per heavy atom. The van der Waals surface area contributed by atoms with Crippen LogP contribution in [0, 0.1) is 17.8 Å². The van der Waals surface area contributed by atoms with Gasteiger partial charge in [-0.3, -0.25) is 9.59 Å². The molecule has 3 aliphatic rings. The van der Waals surface area contributed by atoms with Gasteiger partial charge in [0.25, 0.3) is 0 Å². The number of carbonyl (C=O) groups excluding carboxylic acids is 2. The minimum absolute atomic E-state index is 0.0127. The molecule has 0 aromatic heterocycles. The summed E-state index contributed by atoms with van der Waals surface area (Å²) in [5, 5.41) is 2.92. The maximum Gasteiger partial charge on any atom is 0.244 e. The molecule has 0 radical (unpaired) electrons. The monoisotopic (exact) mass is 360 g/mol. The van der Waals surface area contributed by atoms with Gasteiger partial charge in [-0.15, -0.1) is 0 Å². The van der Waals surface area contributed by atoms with Gasteiger partial charge in [0, 0.05) is 20.5 Å². The third kappa shape index (κ3) is 6.50. The van der Waals surface area contributed by atoms with Crippen LogP contribution in [-0.2, 0) is 14.3 Å². The third-order valence-corrected chi connectivity index (χ3v) is 5.25. The van der Waals surface area contributed by atoms with Crippen molar-refractivity contribution < 1.29 is 14.3 Å². The summed E-state index contributed by atoms with van der Waals surface area (Å²) in [4.78, 5) is 26.1. The van der Waals surface area contributed by atoms with E-state index in [0.29, 0.717) is 18.3 Å². The molecule has 0 bridgehead atoms. The maximum atomic E-state index is 12.3.